The second-order valence-corrected chi connectivity index (χ2v) is 9.65. The van der Waals surface area contributed by atoms with E-state index in [2.05, 4.69) is 11.1 Å². The lowest BCUT2D eigenvalue weighted by atomic mass is 9.83. The smallest absolute Gasteiger partial charge is 0.303 e. The Balaban J connectivity index is 1.59. The molecule has 0 radical (unpaired) electrons. The molecule has 2 aliphatic heterocycles. The molecule has 0 saturated carbocycles. The van der Waals surface area contributed by atoms with Crippen LogP contribution in [0.15, 0.2) is 53.3 Å². The van der Waals surface area contributed by atoms with Crippen molar-refractivity contribution >= 4 is 24.2 Å². The Morgan fingerprint density at radius 2 is 2.08 bits per heavy atom. The standard InChI is InChI=1S/C29H34N2O7/c1-18-19(2)28(36-20(3)34)29(38-26(18)16-35-17-33)37-25-9-8-21(24(13-25)15-32)12-22-6-5-11-31-27(22)23-7-4-10-30-14-23/h4,7-10,12-14,17-19,26,28-29,32H,5-6,11,15-16H2,1-3H3/b22-12+. The van der Waals surface area contributed by atoms with Gasteiger partial charge in [0.25, 0.3) is 6.47 Å². The summed E-state index contributed by atoms with van der Waals surface area (Å²) in [6.45, 7) is 6.27. The molecule has 9 heteroatoms. The fourth-order valence-electron chi connectivity index (χ4n) is 4.89. The minimum atomic E-state index is -0.913. The van der Waals surface area contributed by atoms with Crippen molar-refractivity contribution in [2.75, 3.05) is 13.2 Å². The summed E-state index contributed by atoms with van der Waals surface area (Å²) in [4.78, 5) is 31.5. The number of aliphatic imine (C=N–C) groups is 1. The molecule has 9 nitrogen and oxygen atoms in total. The molecule has 0 spiro atoms. The number of pyridine rings is 1. The van der Waals surface area contributed by atoms with Crippen molar-refractivity contribution < 1.29 is 33.6 Å². The molecule has 5 atom stereocenters. The van der Waals surface area contributed by atoms with E-state index >= 15 is 0 Å². The number of ether oxygens (including phenoxy) is 4. The van der Waals surface area contributed by atoms with Gasteiger partial charge in [0.05, 0.1) is 18.4 Å². The molecule has 1 saturated heterocycles. The van der Waals surface area contributed by atoms with Crippen LogP contribution in [0, 0.1) is 11.8 Å². The number of hydrogen-bond acceptors (Lipinski definition) is 9. The molecular formula is C29H34N2O7. The van der Waals surface area contributed by atoms with Crippen molar-refractivity contribution in [2.45, 2.75) is 58.7 Å². The molecule has 5 unspecified atom stereocenters. The zero-order valence-electron chi connectivity index (χ0n) is 21.9. The van der Waals surface area contributed by atoms with E-state index < -0.39 is 24.5 Å². The third kappa shape index (κ3) is 6.46. The molecule has 3 heterocycles. The van der Waals surface area contributed by atoms with Gasteiger partial charge in [-0.1, -0.05) is 19.9 Å². The highest BCUT2D eigenvalue weighted by Gasteiger charge is 2.45. The molecule has 1 aromatic carbocycles. The van der Waals surface area contributed by atoms with Crippen LogP contribution in [-0.4, -0.2) is 59.9 Å². The van der Waals surface area contributed by atoms with Crippen LogP contribution < -0.4 is 4.74 Å². The van der Waals surface area contributed by atoms with Crippen LogP contribution in [0.5, 0.6) is 5.75 Å². The van der Waals surface area contributed by atoms with E-state index in [0.717, 1.165) is 41.8 Å². The first kappa shape index (κ1) is 27.5. The van der Waals surface area contributed by atoms with Crippen molar-refractivity contribution in [1.29, 1.82) is 0 Å². The van der Waals surface area contributed by atoms with Gasteiger partial charge in [-0.15, -0.1) is 0 Å². The van der Waals surface area contributed by atoms with Gasteiger partial charge in [-0.05, 0) is 65.8 Å². The number of allylic oxidation sites excluding steroid dienone is 1. The van der Waals surface area contributed by atoms with Crippen LogP contribution in [0.2, 0.25) is 0 Å². The predicted octanol–water partition coefficient (Wildman–Crippen LogP) is 3.72. The van der Waals surface area contributed by atoms with Gasteiger partial charge in [-0.25, -0.2) is 0 Å². The van der Waals surface area contributed by atoms with Crippen LogP contribution >= 0.6 is 0 Å². The Kier molecular flexibility index (Phi) is 9.25. The van der Waals surface area contributed by atoms with Crippen LogP contribution in [0.25, 0.3) is 6.08 Å². The molecular weight excluding hydrogens is 488 g/mol. The average molecular weight is 523 g/mol. The second kappa shape index (κ2) is 12.8. The van der Waals surface area contributed by atoms with Crippen LogP contribution in [0.4, 0.5) is 0 Å². The minimum absolute atomic E-state index is 0.0488. The van der Waals surface area contributed by atoms with Gasteiger partial charge in [0, 0.05) is 37.3 Å². The van der Waals surface area contributed by atoms with Crippen molar-refractivity contribution in [3.63, 3.8) is 0 Å². The summed E-state index contributed by atoms with van der Waals surface area (Å²) in [5.74, 6) is -0.145. The SMILES string of the molecule is CC(=O)OC1C(Oc2ccc(/C=C3\CCCN=C3c3cccnc3)c(CO)c2)OC(COC=O)C(C)C1C. The molecule has 1 N–H and O–H groups in total. The summed E-state index contributed by atoms with van der Waals surface area (Å²) in [5.41, 5.74) is 4.49. The first-order valence-electron chi connectivity index (χ1n) is 12.9. The van der Waals surface area contributed by atoms with Gasteiger partial charge >= 0.3 is 5.97 Å². The van der Waals surface area contributed by atoms with Gasteiger partial charge in [0.1, 0.15) is 12.4 Å². The summed E-state index contributed by atoms with van der Waals surface area (Å²) >= 11 is 0. The first-order chi connectivity index (χ1) is 18.4. The molecule has 38 heavy (non-hydrogen) atoms. The van der Waals surface area contributed by atoms with E-state index in [1.165, 1.54) is 6.92 Å². The van der Waals surface area contributed by atoms with Gasteiger partial charge in [0.15, 0.2) is 6.10 Å². The number of carbonyl (C=O) groups excluding carboxylic acids is 2. The third-order valence-electron chi connectivity index (χ3n) is 7.12. The zero-order valence-corrected chi connectivity index (χ0v) is 21.9. The third-order valence-corrected chi connectivity index (χ3v) is 7.12. The van der Waals surface area contributed by atoms with Gasteiger partial charge in [-0.2, -0.15) is 0 Å². The predicted molar refractivity (Wildman–Crippen MR) is 140 cm³/mol. The lowest BCUT2D eigenvalue weighted by molar-refractivity contribution is -0.252. The normalized spacial score (nSPS) is 26.4. The summed E-state index contributed by atoms with van der Waals surface area (Å²) < 4.78 is 22.8. The molecule has 202 valence electrons. The Bertz CT molecular complexity index is 1180. The number of esters is 1. The van der Waals surface area contributed by atoms with Crippen LogP contribution in [-0.2, 0) is 30.4 Å². The lowest BCUT2D eigenvalue weighted by Crippen LogP contribution is -2.54. The first-order valence-corrected chi connectivity index (χ1v) is 12.9. The number of carbonyl (C=O) groups is 2. The lowest BCUT2D eigenvalue weighted by Gasteiger charge is -2.43. The molecule has 4 rings (SSSR count). The van der Waals surface area contributed by atoms with E-state index in [4.69, 9.17) is 23.9 Å². The number of aliphatic hydroxyl groups is 1. The number of aliphatic hydroxyl groups excluding tert-OH is 1. The fraction of sp³-hybridized carbons (Fsp3) is 0.448. The summed E-state index contributed by atoms with van der Waals surface area (Å²) in [6, 6.07) is 9.32. The monoisotopic (exact) mass is 522 g/mol. The van der Waals surface area contributed by atoms with Crippen LogP contribution in [0.1, 0.15) is 50.3 Å². The summed E-state index contributed by atoms with van der Waals surface area (Å²) in [6.07, 6.45) is 5.42. The maximum Gasteiger partial charge on any atom is 0.303 e. The van der Waals surface area contributed by atoms with Crippen molar-refractivity contribution in [2.24, 2.45) is 16.8 Å². The van der Waals surface area contributed by atoms with Crippen LogP contribution in [0.3, 0.4) is 0 Å². The number of aromatic nitrogens is 1. The molecule has 2 aromatic rings. The fourth-order valence-corrected chi connectivity index (χ4v) is 4.89. The van der Waals surface area contributed by atoms with Crippen molar-refractivity contribution in [3.8, 4) is 5.75 Å². The average Bonchev–Trinajstić information content (AvgIpc) is 2.93. The molecule has 0 amide bonds. The second-order valence-electron chi connectivity index (χ2n) is 9.65. The highest BCUT2D eigenvalue weighted by molar-refractivity contribution is 6.15. The minimum Gasteiger partial charge on any atom is -0.465 e. The quantitative estimate of drug-likeness (QED) is 0.391. The number of rotatable bonds is 9. The number of benzene rings is 1. The molecule has 1 aromatic heterocycles. The number of hydrogen-bond donors (Lipinski definition) is 1. The van der Waals surface area contributed by atoms with E-state index in [1.807, 2.05) is 32.0 Å². The highest BCUT2D eigenvalue weighted by atomic mass is 16.7. The topological polar surface area (TPSA) is 117 Å². The molecule has 1 fully saturated rings. The van der Waals surface area contributed by atoms with E-state index in [0.29, 0.717) is 17.8 Å². The summed E-state index contributed by atoms with van der Waals surface area (Å²) in [5, 5.41) is 10.2. The Labute approximate surface area is 222 Å². The highest BCUT2D eigenvalue weighted by Crippen LogP contribution is 2.35. The van der Waals surface area contributed by atoms with Gasteiger partial charge < -0.3 is 24.1 Å². The van der Waals surface area contributed by atoms with Gasteiger partial charge in [-0.3, -0.25) is 19.6 Å². The Morgan fingerprint density at radius 3 is 2.79 bits per heavy atom. The zero-order chi connectivity index (χ0) is 27.1. The van der Waals surface area contributed by atoms with E-state index in [9.17, 15) is 14.7 Å². The maximum absolute atomic E-state index is 11.8. The maximum atomic E-state index is 11.8. The largest absolute Gasteiger partial charge is 0.465 e. The van der Waals surface area contributed by atoms with Crippen molar-refractivity contribution in [3.05, 3.63) is 65.0 Å². The Hall–Kier alpha value is -3.56. The van der Waals surface area contributed by atoms with E-state index in [-0.39, 0.29) is 25.0 Å². The van der Waals surface area contributed by atoms with Crippen molar-refractivity contribution in [1.82, 2.24) is 4.98 Å². The Morgan fingerprint density at radius 1 is 1.24 bits per heavy atom. The number of nitrogens with zero attached hydrogens (tertiary/aromatic N) is 2. The molecule has 2 aliphatic rings. The van der Waals surface area contributed by atoms with E-state index in [1.54, 1.807) is 24.5 Å². The summed E-state index contributed by atoms with van der Waals surface area (Å²) in [7, 11) is 0. The van der Waals surface area contributed by atoms with Gasteiger partial charge in [0.2, 0.25) is 6.29 Å². The molecule has 0 bridgehead atoms. The molecule has 0 aliphatic carbocycles.